The lowest BCUT2D eigenvalue weighted by atomic mass is 9.74. The summed E-state index contributed by atoms with van der Waals surface area (Å²) < 4.78 is 0. The topological polar surface area (TPSA) is 23.6 Å². The van der Waals surface area contributed by atoms with E-state index in [0.29, 0.717) is 23.0 Å². The Hall–Kier alpha value is -2.75. The summed E-state index contributed by atoms with van der Waals surface area (Å²) in [7, 11) is 2.07. The van der Waals surface area contributed by atoms with Crippen LogP contribution in [0.1, 0.15) is 41.9 Å². The number of piperidine rings is 1. The molecule has 1 spiro atoms. The average molecular weight is 505 g/mol. The second-order valence-electron chi connectivity index (χ2n) is 9.75. The fraction of sp³-hybridized carbons (Fsp3) is 0.300. The molecule has 0 bridgehead atoms. The van der Waals surface area contributed by atoms with Gasteiger partial charge in [-0.3, -0.25) is 4.79 Å². The number of allylic oxidation sites excluding steroid dienone is 1. The Balaban J connectivity index is 1.30. The molecule has 0 radical (unpaired) electrons. The fourth-order valence-corrected chi connectivity index (χ4v) is 5.84. The van der Waals surface area contributed by atoms with Crippen LogP contribution in [0, 0.1) is 0 Å². The van der Waals surface area contributed by atoms with Crippen LogP contribution in [0.3, 0.4) is 0 Å². The first-order valence-electron chi connectivity index (χ1n) is 12.2. The van der Waals surface area contributed by atoms with E-state index < -0.39 is 0 Å². The van der Waals surface area contributed by atoms with E-state index >= 15 is 0 Å². The molecule has 5 heteroatoms. The molecule has 1 aliphatic heterocycles. The Morgan fingerprint density at radius 1 is 0.971 bits per heavy atom. The number of nitrogens with zero attached hydrogens (tertiary/aromatic N) is 2. The molecule has 180 valence electrons. The minimum absolute atomic E-state index is 0.00506. The molecule has 5 rings (SSSR count). The van der Waals surface area contributed by atoms with Gasteiger partial charge in [0, 0.05) is 50.1 Å². The van der Waals surface area contributed by atoms with E-state index in [0.717, 1.165) is 37.2 Å². The standard InChI is InChI=1S/C30H30Cl2N2O/c1-33(25-8-3-2-4-9-25)21-24(23-11-12-27(31)28(32)19-23)20-29(35)34-17-15-30(16-18-34)14-13-22-7-5-6-10-26(22)30/h2-14,19,24H,15-18,20-21H2,1H3/t24-/m1/s1. The van der Waals surface area contributed by atoms with E-state index in [2.05, 4.69) is 60.5 Å². The number of fused-ring (bicyclic) bond motifs is 2. The van der Waals surface area contributed by atoms with Crippen molar-refractivity contribution in [2.24, 2.45) is 0 Å². The molecule has 1 amide bonds. The number of carbonyl (C=O) groups is 1. The van der Waals surface area contributed by atoms with E-state index in [1.165, 1.54) is 11.1 Å². The monoisotopic (exact) mass is 504 g/mol. The summed E-state index contributed by atoms with van der Waals surface area (Å²) in [6.45, 7) is 2.27. The van der Waals surface area contributed by atoms with Crippen LogP contribution in [0.25, 0.3) is 6.08 Å². The van der Waals surface area contributed by atoms with Gasteiger partial charge < -0.3 is 9.80 Å². The third-order valence-electron chi connectivity index (χ3n) is 7.61. The van der Waals surface area contributed by atoms with Crippen LogP contribution in [-0.2, 0) is 10.2 Å². The van der Waals surface area contributed by atoms with Gasteiger partial charge in [0.2, 0.25) is 5.91 Å². The SMILES string of the molecule is CN(C[C@@H](CC(=O)N1CCC2(C=Cc3ccccc32)CC1)c1ccc(Cl)c(Cl)c1)c1ccccc1. The summed E-state index contributed by atoms with van der Waals surface area (Å²) in [5, 5.41) is 1.05. The van der Waals surface area contributed by atoms with Gasteiger partial charge in [-0.15, -0.1) is 0 Å². The molecule has 3 aromatic rings. The van der Waals surface area contributed by atoms with Gasteiger partial charge in [0.05, 0.1) is 10.0 Å². The summed E-state index contributed by atoms with van der Waals surface area (Å²) in [5.41, 5.74) is 4.96. The highest BCUT2D eigenvalue weighted by Crippen LogP contribution is 2.44. The minimum Gasteiger partial charge on any atom is -0.374 e. The van der Waals surface area contributed by atoms with Crippen molar-refractivity contribution in [2.75, 3.05) is 31.6 Å². The number of anilines is 1. The van der Waals surface area contributed by atoms with Gasteiger partial charge in [-0.05, 0) is 53.8 Å². The van der Waals surface area contributed by atoms with Crippen LogP contribution in [0.2, 0.25) is 10.0 Å². The molecule has 1 atom stereocenters. The van der Waals surface area contributed by atoms with Crippen molar-refractivity contribution < 1.29 is 4.79 Å². The molecule has 1 heterocycles. The lowest BCUT2D eigenvalue weighted by Gasteiger charge is -2.40. The van der Waals surface area contributed by atoms with Crippen LogP contribution >= 0.6 is 23.2 Å². The number of rotatable bonds is 6. The normalized spacial score (nSPS) is 16.8. The number of hydrogen-bond donors (Lipinski definition) is 0. The van der Waals surface area contributed by atoms with E-state index in [9.17, 15) is 4.79 Å². The largest absolute Gasteiger partial charge is 0.374 e. The van der Waals surface area contributed by atoms with Crippen molar-refractivity contribution in [3.8, 4) is 0 Å². The van der Waals surface area contributed by atoms with Gasteiger partial charge in [-0.1, -0.05) is 83.9 Å². The van der Waals surface area contributed by atoms with Crippen LogP contribution in [-0.4, -0.2) is 37.5 Å². The number of likely N-dealkylation sites (N-methyl/N-ethyl adjacent to an activating group) is 1. The molecule has 0 N–H and O–H groups in total. The molecule has 2 aliphatic rings. The molecule has 3 aromatic carbocycles. The maximum Gasteiger partial charge on any atom is 0.223 e. The number of halogens is 2. The predicted octanol–water partition coefficient (Wildman–Crippen LogP) is 7.19. The van der Waals surface area contributed by atoms with Crippen LogP contribution in [0.5, 0.6) is 0 Å². The third-order valence-corrected chi connectivity index (χ3v) is 8.35. The van der Waals surface area contributed by atoms with Gasteiger partial charge in [0.1, 0.15) is 0 Å². The van der Waals surface area contributed by atoms with Crippen molar-refractivity contribution in [1.82, 2.24) is 4.90 Å². The lowest BCUT2D eigenvalue weighted by molar-refractivity contribution is -0.133. The molecule has 0 aromatic heterocycles. The Kier molecular flexibility index (Phi) is 6.91. The molecule has 1 fully saturated rings. The van der Waals surface area contributed by atoms with Crippen molar-refractivity contribution in [2.45, 2.75) is 30.6 Å². The second-order valence-corrected chi connectivity index (χ2v) is 10.6. The average Bonchev–Trinajstić information content (AvgIpc) is 3.24. The van der Waals surface area contributed by atoms with Crippen LogP contribution in [0.15, 0.2) is 78.9 Å². The van der Waals surface area contributed by atoms with E-state index in [4.69, 9.17) is 23.2 Å². The third kappa shape index (κ3) is 4.98. The number of hydrogen-bond acceptors (Lipinski definition) is 2. The molecule has 35 heavy (non-hydrogen) atoms. The molecular weight excluding hydrogens is 475 g/mol. The molecular formula is C30H30Cl2N2O. The first-order valence-corrected chi connectivity index (χ1v) is 13.0. The number of amides is 1. The summed E-state index contributed by atoms with van der Waals surface area (Å²) in [6.07, 6.45) is 6.97. The molecule has 1 aliphatic carbocycles. The number of benzene rings is 3. The molecule has 1 saturated heterocycles. The fourth-order valence-electron chi connectivity index (χ4n) is 5.54. The van der Waals surface area contributed by atoms with Gasteiger partial charge in [-0.25, -0.2) is 0 Å². The van der Waals surface area contributed by atoms with Crippen LogP contribution < -0.4 is 4.90 Å². The van der Waals surface area contributed by atoms with Gasteiger partial charge in [0.15, 0.2) is 0 Å². The maximum atomic E-state index is 13.5. The smallest absolute Gasteiger partial charge is 0.223 e. The van der Waals surface area contributed by atoms with E-state index in [1.807, 2.05) is 41.3 Å². The first-order chi connectivity index (χ1) is 16.9. The van der Waals surface area contributed by atoms with Gasteiger partial charge in [-0.2, -0.15) is 0 Å². The number of carbonyl (C=O) groups excluding carboxylic acids is 1. The second kappa shape index (κ2) is 10.1. The lowest BCUT2D eigenvalue weighted by Crippen LogP contribution is -2.44. The minimum atomic E-state index is 0.00506. The van der Waals surface area contributed by atoms with Gasteiger partial charge >= 0.3 is 0 Å². The van der Waals surface area contributed by atoms with Crippen molar-refractivity contribution in [1.29, 1.82) is 0 Å². The summed E-state index contributed by atoms with van der Waals surface area (Å²) in [6, 6.07) is 24.6. The number of likely N-dealkylation sites (tertiary alicyclic amines) is 1. The van der Waals surface area contributed by atoms with Crippen molar-refractivity contribution >= 4 is 40.9 Å². The highest BCUT2D eigenvalue weighted by Gasteiger charge is 2.39. The van der Waals surface area contributed by atoms with E-state index in [-0.39, 0.29) is 17.2 Å². The zero-order valence-corrected chi connectivity index (χ0v) is 21.5. The zero-order chi connectivity index (χ0) is 24.4. The number of para-hydroxylation sites is 1. The Morgan fingerprint density at radius 3 is 2.43 bits per heavy atom. The molecule has 3 nitrogen and oxygen atoms in total. The first kappa shape index (κ1) is 24.0. The van der Waals surface area contributed by atoms with Gasteiger partial charge in [0.25, 0.3) is 0 Å². The Morgan fingerprint density at radius 2 is 1.69 bits per heavy atom. The molecule has 0 saturated carbocycles. The quantitative estimate of drug-likeness (QED) is 0.354. The van der Waals surface area contributed by atoms with Crippen molar-refractivity contribution in [3.63, 3.8) is 0 Å². The highest BCUT2D eigenvalue weighted by molar-refractivity contribution is 6.42. The van der Waals surface area contributed by atoms with Crippen LogP contribution in [0.4, 0.5) is 5.69 Å². The summed E-state index contributed by atoms with van der Waals surface area (Å²) >= 11 is 12.5. The van der Waals surface area contributed by atoms with Crippen molar-refractivity contribution in [3.05, 3.63) is 106 Å². The predicted molar refractivity (Wildman–Crippen MR) is 146 cm³/mol. The molecule has 0 unspecified atom stereocenters. The van der Waals surface area contributed by atoms with E-state index in [1.54, 1.807) is 0 Å². The summed E-state index contributed by atoms with van der Waals surface area (Å²) in [4.78, 5) is 17.8. The summed E-state index contributed by atoms with van der Waals surface area (Å²) in [5.74, 6) is 0.207. The Labute approximate surface area is 218 Å². The maximum absolute atomic E-state index is 13.5. The highest BCUT2D eigenvalue weighted by atomic mass is 35.5. The Bertz CT molecular complexity index is 1230. The zero-order valence-electron chi connectivity index (χ0n) is 20.0.